The van der Waals surface area contributed by atoms with Crippen LogP contribution in [0.2, 0.25) is 0 Å². The van der Waals surface area contributed by atoms with Gasteiger partial charge >= 0.3 is 6.03 Å². The summed E-state index contributed by atoms with van der Waals surface area (Å²) in [7, 11) is 1.60. The molecule has 1 heterocycles. The summed E-state index contributed by atoms with van der Waals surface area (Å²) in [4.78, 5) is 53.7. The summed E-state index contributed by atoms with van der Waals surface area (Å²) in [6.07, 6.45) is 2.83. The molecule has 0 radical (unpaired) electrons. The molecule has 0 saturated heterocycles. The van der Waals surface area contributed by atoms with Crippen LogP contribution in [0.4, 0.5) is 4.79 Å². The van der Waals surface area contributed by atoms with Crippen LogP contribution in [0.25, 0.3) is 10.9 Å². The van der Waals surface area contributed by atoms with Gasteiger partial charge in [-0.2, -0.15) is 0 Å². The lowest BCUT2D eigenvalue weighted by Crippen LogP contribution is -2.58. The van der Waals surface area contributed by atoms with Crippen LogP contribution < -0.4 is 43.6 Å². The Morgan fingerprint density at radius 1 is 1.00 bits per heavy atom. The molecule has 0 bridgehead atoms. The van der Waals surface area contributed by atoms with Gasteiger partial charge in [0.25, 0.3) is 0 Å². The number of hydrazine groups is 1. The maximum Gasteiger partial charge on any atom is 0.329 e. The molecule has 214 valence electrons. The summed E-state index contributed by atoms with van der Waals surface area (Å²) in [6.45, 7) is 4.13. The minimum absolute atomic E-state index is 0.0540. The van der Waals surface area contributed by atoms with Crippen LogP contribution in [0.5, 0.6) is 0 Å². The van der Waals surface area contributed by atoms with Crippen LogP contribution in [-0.4, -0.2) is 66.4 Å². The third kappa shape index (κ3) is 9.81. The summed E-state index contributed by atoms with van der Waals surface area (Å²) in [5, 5.41) is 21.9. The van der Waals surface area contributed by atoms with Gasteiger partial charge in [0.2, 0.25) is 17.7 Å². The largest absolute Gasteiger partial charge is 0.368 e. The zero-order valence-corrected chi connectivity index (χ0v) is 22.5. The van der Waals surface area contributed by atoms with Gasteiger partial charge in [0.1, 0.15) is 18.1 Å². The molecule has 1 aromatic heterocycles. The highest BCUT2D eigenvalue weighted by atomic mass is 16.2. The summed E-state index contributed by atoms with van der Waals surface area (Å²) in [5.41, 5.74) is 9.26. The molecule has 0 spiro atoms. The van der Waals surface area contributed by atoms with Crippen molar-refractivity contribution in [3.05, 3.63) is 36.0 Å². The summed E-state index contributed by atoms with van der Waals surface area (Å²) >= 11 is 0. The van der Waals surface area contributed by atoms with Crippen molar-refractivity contribution in [2.24, 2.45) is 17.5 Å². The van der Waals surface area contributed by atoms with Crippen molar-refractivity contribution in [1.29, 1.82) is 5.41 Å². The van der Waals surface area contributed by atoms with Gasteiger partial charge in [-0.05, 0) is 36.8 Å². The monoisotopic (exact) mass is 544 g/mol. The number of guanidine groups is 1. The Balaban J connectivity index is 2.19. The van der Waals surface area contributed by atoms with Crippen molar-refractivity contribution in [2.45, 2.75) is 57.7 Å². The average molecular weight is 545 g/mol. The zero-order chi connectivity index (χ0) is 28.9. The molecule has 0 saturated carbocycles. The fourth-order valence-electron chi connectivity index (χ4n) is 4.07. The molecule has 39 heavy (non-hydrogen) atoms. The van der Waals surface area contributed by atoms with Crippen molar-refractivity contribution < 1.29 is 19.2 Å². The van der Waals surface area contributed by atoms with Crippen LogP contribution in [0.3, 0.4) is 0 Å². The fraction of sp³-hybridized carbons (Fsp3) is 0.480. The number of rotatable bonds is 14. The third-order valence-corrected chi connectivity index (χ3v) is 6.07. The van der Waals surface area contributed by atoms with E-state index in [0.717, 1.165) is 16.5 Å². The van der Waals surface area contributed by atoms with E-state index in [4.69, 9.17) is 17.0 Å². The predicted molar refractivity (Wildman–Crippen MR) is 148 cm³/mol. The number of nitrogens with two attached hydrogens (primary N) is 2. The lowest BCUT2D eigenvalue weighted by Gasteiger charge is -2.25. The first-order valence-electron chi connectivity index (χ1n) is 12.8. The molecule has 0 fully saturated rings. The van der Waals surface area contributed by atoms with E-state index in [9.17, 15) is 19.2 Å². The van der Waals surface area contributed by atoms with E-state index < -0.39 is 41.9 Å². The number of primary amides is 1. The molecule has 2 rings (SSSR count). The Labute approximate surface area is 227 Å². The number of benzene rings is 1. The number of para-hydroxylation sites is 1. The standard InChI is InChI=1S/C25H40N10O4/c1-14(2)11-20(34-25(39)35-28)23(38)32-18(9-6-10-30-24(27)29-3)22(37)33-19(21(26)36)12-15-13-31-17-8-5-4-7-16(15)17/h4-5,7-8,13-14,18-20,31H,6,9-12,28H2,1-3H3,(H2,26,36)(H,32,38)(H,33,37)(H3,27,29,30)(H2,34,35,39)/t18-,19-,20-/m0/s1. The highest BCUT2D eigenvalue weighted by molar-refractivity contribution is 5.94. The molecule has 3 atom stereocenters. The average Bonchev–Trinajstić information content (AvgIpc) is 3.31. The van der Waals surface area contributed by atoms with Gasteiger partial charge < -0.3 is 37.3 Å². The van der Waals surface area contributed by atoms with E-state index in [0.29, 0.717) is 19.4 Å². The van der Waals surface area contributed by atoms with Gasteiger partial charge in [-0.15, -0.1) is 0 Å². The number of carbonyl (C=O) groups is 4. The third-order valence-electron chi connectivity index (χ3n) is 6.07. The van der Waals surface area contributed by atoms with E-state index in [1.807, 2.05) is 43.5 Å². The molecule has 0 aliphatic carbocycles. The van der Waals surface area contributed by atoms with Crippen molar-refractivity contribution in [2.75, 3.05) is 13.6 Å². The summed E-state index contributed by atoms with van der Waals surface area (Å²) < 4.78 is 0. The second-order valence-corrected chi connectivity index (χ2v) is 9.58. The van der Waals surface area contributed by atoms with E-state index in [1.165, 1.54) is 0 Å². The van der Waals surface area contributed by atoms with Crippen molar-refractivity contribution >= 4 is 40.6 Å². The van der Waals surface area contributed by atoms with E-state index in [-0.39, 0.29) is 24.7 Å². The van der Waals surface area contributed by atoms with Crippen molar-refractivity contribution in [3.63, 3.8) is 0 Å². The number of hydrogen-bond donors (Lipinski definition) is 10. The van der Waals surface area contributed by atoms with Crippen molar-refractivity contribution in [1.82, 2.24) is 37.0 Å². The maximum absolute atomic E-state index is 13.4. The first-order chi connectivity index (χ1) is 18.5. The van der Waals surface area contributed by atoms with Crippen LogP contribution in [0.15, 0.2) is 30.5 Å². The van der Waals surface area contributed by atoms with Gasteiger partial charge in [-0.1, -0.05) is 32.0 Å². The van der Waals surface area contributed by atoms with Crippen molar-refractivity contribution in [3.8, 4) is 0 Å². The number of H-pyrrole nitrogens is 1. The number of aromatic amines is 1. The SMILES string of the molecule is CNC(=N)NCCC[C@H](NC(=O)[C@H](CC(C)C)NC(=O)NN)C(=O)N[C@@H](Cc1c[nH]c2ccccc12)C(N)=O. The van der Waals surface area contributed by atoms with Gasteiger partial charge in [0.15, 0.2) is 5.96 Å². The zero-order valence-electron chi connectivity index (χ0n) is 22.5. The number of aromatic nitrogens is 1. The molecule has 2 aromatic rings. The summed E-state index contributed by atoms with van der Waals surface area (Å²) in [6, 6.07) is 3.81. The second kappa shape index (κ2) is 15.2. The van der Waals surface area contributed by atoms with Gasteiger partial charge in [-0.3, -0.25) is 25.2 Å². The van der Waals surface area contributed by atoms with E-state index in [2.05, 4.69) is 31.6 Å². The molecule has 0 aliphatic rings. The molecule has 1 aromatic carbocycles. The molecular weight excluding hydrogens is 504 g/mol. The Hall–Kier alpha value is -4.33. The fourth-order valence-corrected chi connectivity index (χ4v) is 4.07. The topological polar surface area (TPSA) is 232 Å². The molecule has 0 unspecified atom stereocenters. The van der Waals surface area contributed by atoms with E-state index >= 15 is 0 Å². The number of carbonyl (C=O) groups excluding carboxylic acids is 4. The molecule has 5 amide bonds. The first kappa shape index (κ1) is 30.9. The predicted octanol–water partition coefficient (Wildman–Crippen LogP) is -0.723. The Morgan fingerprint density at radius 3 is 2.31 bits per heavy atom. The smallest absolute Gasteiger partial charge is 0.329 e. The number of fused-ring (bicyclic) bond motifs is 1. The van der Waals surface area contributed by atoms with Gasteiger partial charge in [0, 0.05) is 37.1 Å². The minimum atomic E-state index is -1.04. The number of hydrogen-bond acceptors (Lipinski definition) is 6. The number of amides is 5. The maximum atomic E-state index is 13.4. The summed E-state index contributed by atoms with van der Waals surface area (Å²) in [5.74, 6) is 3.43. The first-order valence-corrected chi connectivity index (χ1v) is 12.8. The van der Waals surface area contributed by atoms with Crippen LogP contribution >= 0.6 is 0 Å². The lowest BCUT2D eigenvalue weighted by atomic mass is 10.0. The number of urea groups is 1. The highest BCUT2D eigenvalue weighted by Crippen LogP contribution is 2.19. The quantitative estimate of drug-likeness (QED) is 0.0365. The normalized spacial score (nSPS) is 13.2. The van der Waals surface area contributed by atoms with Gasteiger partial charge in [0.05, 0.1) is 0 Å². The Bertz CT molecular complexity index is 1150. The Kier molecular flexibility index (Phi) is 12.0. The molecular formula is C25H40N10O4. The Morgan fingerprint density at radius 2 is 1.67 bits per heavy atom. The second-order valence-electron chi connectivity index (χ2n) is 9.58. The highest BCUT2D eigenvalue weighted by Gasteiger charge is 2.29. The van der Waals surface area contributed by atoms with Crippen LogP contribution in [-0.2, 0) is 20.8 Å². The molecule has 14 nitrogen and oxygen atoms in total. The number of nitrogens with one attached hydrogen (secondary N) is 8. The minimum Gasteiger partial charge on any atom is -0.368 e. The van der Waals surface area contributed by atoms with Crippen LogP contribution in [0.1, 0.15) is 38.7 Å². The van der Waals surface area contributed by atoms with Crippen LogP contribution in [0, 0.1) is 11.3 Å². The lowest BCUT2D eigenvalue weighted by molar-refractivity contribution is -0.132. The molecule has 12 N–H and O–H groups in total. The van der Waals surface area contributed by atoms with Gasteiger partial charge in [-0.25, -0.2) is 10.6 Å². The molecule has 0 aliphatic heterocycles. The molecule has 14 heteroatoms. The van der Waals surface area contributed by atoms with E-state index in [1.54, 1.807) is 13.2 Å².